The molecule has 1 aromatic rings. The average molecular weight is 267 g/mol. The molecule has 0 aliphatic heterocycles. The van der Waals surface area contributed by atoms with Crippen LogP contribution in [0.2, 0.25) is 0 Å². The van der Waals surface area contributed by atoms with Crippen LogP contribution in [-0.2, 0) is 7.05 Å². The van der Waals surface area contributed by atoms with E-state index < -0.39 is 5.54 Å². The number of rotatable bonds is 8. The predicted octanol–water partition coefficient (Wildman–Crippen LogP) is 1.97. The van der Waals surface area contributed by atoms with Crippen molar-refractivity contribution >= 4 is 11.8 Å². The molecule has 6 heteroatoms. The second-order valence-electron chi connectivity index (χ2n) is 4.55. The highest BCUT2D eigenvalue weighted by Gasteiger charge is 2.21. The molecular weight excluding hydrogens is 246 g/mol. The van der Waals surface area contributed by atoms with Crippen LogP contribution >= 0.6 is 11.8 Å². The van der Waals surface area contributed by atoms with Crippen LogP contribution in [0.4, 0.5) is 0 Å². The van der Waals surface area contributed by atoms with E-state index in [-0.39, 0.29) is 0 Å². The zero-order valence-electron chi connectivity index (χ0n) is 11.3. The van der Waals surface area contributed by atoms with E-state index in [1.807, 2.05) is 18.5 Å². The van der Waals surface area contributed by atoms with Gasteiger partial charge >= 0.3 is 0 Å². The van der Waals surface area contributed by atoms with E-state index in [1.54, 1.807) is 18.1 Å². The molecule has 0 saturated heterocycles. The van der Waals surface area contributed by atoms with Crippen molar-refractivity contribution in [3.63, 3.8) is 0 Å². The molecular formula is C12H21N5S. The molecule has 1 rings (SSSR count). The topological polar surface area (TPSA) is 66.5 Å². The maximum atomic E-state index is 9.19. The molecule has 1 unspecified atom stereocenters. The van der Waals surface area contributed by atoms with Gasteiger partial charge in [-0.3, -0.25) is 5.32 Å². The van der Waals surface area contributed by atoms with E-state index in [2.05, 4.69) is 28.5 Å². The monoisotopic (exact) mass is 267 g/mol. The summed E-state index contributed by atoms with van der Waals surface area (Å²) in [5, 5.41) is 21.3. The molecule has 1 atom stereocenters. The smallest absolute Gasteiger partial charge is 0.190 e. The summed E-state index contributed by atoms with van der Waals surface area (Å²) in [5.41, 5.74) is -0.406. The van der Waals surface area contributed by atoms with Gasteiger partial charge in [0, 0.05) is 12.8 Å². The molecule has 0 aliphatic carbocycles. The van der Waals surface area contributed by atoms with Gasteiger partial charge in [0.05, 0.1) is 6.07 Å². The molecule has 1 heterocycles. The Hall–Kier alpha value is -1.06. The minimum Gasteiger partial charge on any atom is -0.312 e. The standard InChI is InChI=1S/C12H21N5S/c1-4-7-14-12(2,9-13)6-5-8-18-11-16-15-10-17(11)3/h10,14H,4-8H2,1-3H3. The van der Waals surface area contributed by atoms with E-state index in [0.29, 0.717) is 0 Å². The minimum atomic E-state index is -0.406. The van der Waals surface area contributed by atoms with Crippen molar-refractivity contribution in [1.29, 1.82) is 5.26 Å². The van der Waals surface area contributed by atoms with Gasteiger partial charge in [-0.15, -0.1) is 10.2 Å². The van der Waals surface area contributed by atoms with Crippen LogP contribution in [-0.4, -0.2) is 32.6 Å². The summed E-state index contributed by atoms with van der Waals surface area (Å²) < 4.78 is 1.91. The van der Waals surface area contributed by atoms with Crippen LogP contribution in [0.5, 0.6) is 0 Å². The fraction of sp³-hybridized carbons (Fsp3) is 0.750. The summed E-state index contributed by atoms with van der Waals surface area (Å²) in [4.78, 5) is 0. The summed E-state index contributed by atoms with van der Waals surface area (Å²) in [5.74, 6) is 0.956. The van der Waals surface area contributed by atoms with Gasteiger partial charge in [-0.25, -0.2) is 0 Å². The van der Waals surface area contributed by atoms with Gasteiger partial charge in [0.15, 0.2) is 5.16 Å². The van der Waals surface area contributed by atoms with Crippen molar-refractivity contribution < 1.29 is 0 Å². The number of thioether (sulfide) groups is 1. The number of nitriles is 1. The Morgan fingerprint density at radius 2 is 2.39 bits per heavy atom. The van der Waals surface area contributed by atoms with Crippen LogP contribution in [0.25, 0.3) is 0 Å². The van der Waals surface area contributed by atoms with Gasteiger partial charge < -0.3 is 4.57 Å². The minimum absolute atomic E-state index is 0.406. The summed E-state index contributed by atoms with van der Waals surface area (Å²) in [6, 6.07) is 2.36. The number of hydrogen-bond acceptors (Lipinski definition) is 5. The third-order valence-electron chi connectivity index (χ3n) is 2.73. The van der Waals surface area contributed by atoms with Gasteiger partial charge in [0.25, 0.3) is 0 Å². The van der Waals surface area contributed by atoms with Gasteiger partial charge in [-0.05, 0) is 32.7 Å². The summed E-state index contributed by atoms with van der Waals surface area (Å²) >= 11 is 1.68. The Bertz CT molecular complexity index is 397. The zero-order chi connectivity index (χ0) is 13.4. The lowest BCUT2D eigenvalue weighted by Crippen LogP contribution is -2.41. The van der Waals surface area contributed by atoms with Gasteiger partial charge in [0.1, 0.15) is 11.9 Å². The van der Waals surface area contributed by atoms with Crippen LogP contribution in [0.1, 0.15) is 33.1 Å². The maximum absolute atomic E-state index is 9.19. The highest BCUT2D eigenvalue weighted by molar-refractivity contribution is 7.99. The van der Waals surface area contributed by atoms with Crippen LogP contribution in [0, 0.1) is 11.3 Å². The van der Waals surface area contributed by atoms with Crippen LogP contribution in [0.3, 0.4) is 0 Å². The van der Waals surface area contributed by atoms with E-state index in [4.69, 9.17) is 0 Å². The van der Waals surface area contributed by atoms with Gasteiger partial charge in [-0.2, -0.15) is 5.26 Å². The highest BCUT2D eigenvalue weighted by atomic mass is 32.2. The molecule has 1 aromatic heterocycles. The average Bonchev–Trinajstić information content (AvgIpc) is 2.78. The summed E-state index contributed by atoms with van der Waals surface area (Å²) in [6.45, 7) is 4.96. The second-order valence-corrected chi connectivity index (χ2v) is 5.61. The molecule has 100 valence electrons. The SMILES string of the molecule is CCCNC(C)(C#N)CCCSc1nncn1C. The van der Waals surface area contributed by atoms with Crippen LogP contribution < -0.4 is 5.32 Å². The van der Waals surface area contributed by atoms with Crippen molar-refractivity contribution in [2.45, 2.75) is 43.8 Å². The van der Waals surface area contributed by atoms with Crippen LogP contribution in [0.15, 0.2) is 11.5 Å². The Kier molecular flexibility index (Phi) is 6.16. The molecule has 0 spiro atoms. The fourth-order valence-corrected chi connectivity index (χ4v) is 2.40. The largest absolute Gasteiger partial charge is 0.312 e. The first-order chi connectivity index (χ1) is 8.61. The van der Waals surface area contributed by atoms with E-state index in [1.165, 1.54) is 0 Å². The number of aromatic nitrogens is 3. The van der Waals surface area contributed by atoms with Crippen molar-refractivity contribution in [2.24, 2.45) is 7.05 Å². The van der Waals surface area contributed by atoms with E-state index in [9.17, 15) is 5.26 Å². The third kappa shape index (κ3) is 4.67. The fourth-order valence-electron chi connectivity index (χ4n) is 1.58. The Morgan fingerprint density at radius 3 is 2.94 bits per heavy atom. The Morgan fingerprint density at radius 1 is 1.61 bits per heavy atom. The molecule has 0 fully saturated rings. The highest BCUT2D eigenvalue weighted by Crippen LogP contribution is 2.18. The first kappa shape index (κ1) is 15.0. The lowest BCUT2D eigenvalue weighted by atomic mass is 9.98. The molecule has 0 amide bonds. The normalized spacial score (nSPS) is 14.1. The molecule has 18 heavy (non-hydrogen) atoms. The first-order valence-electron chi connectivity index (χ1n) is 6.24. The molecule has 0 aromatic carbocycles. The third-order valence-corrected chi connectivity index (χ3v) is 3.85. The predicted molar refractivity (Wildman–Crippen MR) is 73.3 cm³/mol. The van der Waals surface area contributed by atoms with Crippen molar-refractivity contribution in [2.75, 3.05) is 12.3 Å². The molecule has 0 saturated carbocycles. The molecule has 0 bridgehead atoms. The van der Waals surface area contributed by atoms with E-state index in [0.717, 1.165) is 36.7 Å². The number of nitrogens with zero attached hydrogens (tertiary/aromatic N) is 4. The molecule has 0 radical (unpaired) electrons. The summed E-state index contributed by atoms with van der Waals surface area (Å²) in [7, 11) is 1.94. The zero-order valence-corrected chi connectivity index (χ0v) is 12.1. The summed E-state index contributed by atoms with van der Waals surface area (Å²) in [6.07, 6.45) is 4.59. The maximum Gasteiger partial charge on any atom is 0.190 e. The lowest BCUT2D eigenvalue weighted by Gasteiger charge is -2.22. The molecule has 0 aliphatic rings. The number of nitrogens with one attached hydrogen (secondary N) is 1. The lowest BCUT2D eigenvalue weighted by molar-refractivity contribution is 0.415. The van der Waals surface area contributed by atoms with Crippen molar-refractivity contribution in [1.82, 2.24) is 20.1 Å². The quantitative estimate of drug-likeness (QED) is 0.576. The van der Waals surface area contributed by atoms with Gasteiger partial charge in [0.2, 0.25) is 0 Å². The second kappa shape index (κ2) is 7.39. The van der Waals surface area contributed by atoms with E-state index >= 15 is 0 Å². The van der Waals surface area contributed by atoms with Gasteiger partial charge in [-0.1, -0.05) is 18.7 Å². The Balaban J connectivity index is 2.28. The number of hydrogen-bond donors (Lipinski definition) is 1. The number of aryl methyl sites for hydroxylation is 1. The Labute approximate surface area is 113 Å². The molecule has 5 nitrogen and oxygen atoms in total. The van der Waals surface area contributed by atoms with Crippen molar-refractivity contribution in [3.05, 3.63) is 6.33 Å². The van der Waals surface area contributed by atoms with Crippen molar-refractivity contribution in [3.8, 4) is 6.07 Å². The molecule has 1 N–H and O–H groups in total. The first-order valence-corrected chi connectivity index (χ1v) is 7.23.